The van der Waals surface area contributed by atoms with Crippen molar-refractivity contribution < 1.29 is 22.3 Å². The number of fused-ring (bicyclic) bond motifs is 1. The van der Waals surface area contributed by atoms with Crippen LogP contribution in [-0.4, -0.2) is 37.0 Å². The van der Waals surface area contributed by atoms with Gasteiger partial charge in [-0.2, -0.15) is 4.31 Å². The van der Waals surface area contributed by atoms with Crippen molar-refractivity contribution in [2.75, 3.05) is 12.4 Å². The van der Waals surface area contributed by atoms with Crippen LogP contribution in [-0.2, 0) is 32.6 Å². The average molecular weight is 313 g/mol. The van der Waals surface area contributed by atoms with Gasteiger partial charge in [-0.25, -0.2) is 12.8 Å². The maximum absolute atomic E-state index is 13.2. The number of hydrogen-bond acceptors (Lipinski definition) is 4. The molecular weight excluding hydrogens is 297 g/mol. The molecule has 0 amide bonds. The Hall–Kier alpha value is -1.31. The van der Waals surface area contributed by atoms with Crippen LogP contribution in [0.2, 0.25) is 0 Å². The lowest BCUT2D eigenvalue weighted by atomic mass is 10.1. The van der Waals surface area contributed by atoms with Gasteiger partial charge in [-0.3, -0.25) is 4.79 Å². The minimum absolute atomic E-state index is 0.119. The third-order valence-corrected chi connectivity index (χ3v) is 5.56. The van der Waals surface area contributed by atoms with Crippen molar-refractivity contribution in [3.8, 4) is 0 Å². The predicted molar refractivity (Wildman–Crippen MR) is 73.4 cm³/mol. The summed E-state index contributed by atoms with van der Waals surface area (Å²) in [7, 11) is -3.70. The molecular formula is C14H16FNO4S. The maximum Gasteiger partial charge on any atom is 0.221 e. The second-order valence-corrected chi connectivity index (χ2v) is 7.37. The van der Waals surface area contributed by atoms with E-state index in [0.717, 1.165) is 12.0 Å². The lowest BCUT2D eigenvalue weighted by molar-refractivity contribution is -0.125. The van der Waals surface area contributed by atoms with Crippen molar-refractivity contribution in [1.82, 2.24) is 4.31 Å². The molecule has 21 heavy (non-hydrogen) atoms. The average Bonchev–Trinajstić information content (AvgIpc) is 3.07. The summed E-state index contributed by atoms with van der Waals surface area (Å²) in [6.45, 7) is 0.815. The zero-order valence-corrected chi connectivity index (χ0v) is 12.2. The van der Waals surface area contributed by atoms with Crippen molar-refractivity contribution in [2.24, 2.45) is 0 Å². The highest BCUT2D eigenvalue weighted by atomic mass is 32.2. The fraction of sp³-hybridized carbons (Fsp3) is 0.500. The zero-order chi connectivity index (χ0) is 15.0. The van der Waals surface area contributed by atoms with Gasteiger partial charge in [0.25, 0.3) is 0 Å². The van der Waals surface area contributed by atoms with Gasteiger partial charge in [-0.05, 0) is 36.1 Å². The number of Topliss-reactive ketones (excluding diaryl/α,β-unsaturated/α-hetero) is 1. The third-order valence-electron chi connectivity index (χ3n) is 3.87. The number of nitrogens with zero attached hydrogens (tertiary/aromatic N) is 1. The highest BCUT2D eigenvalue weighted by Gasteiger charge is 2.34. The van der Waals surface area contributed by atoms with E-state index in [1.165, 1.54) is 16.4 Å². The van der Waals surface area contributed by atoms with E-state index in [1.807, 2.05) is 0 Å². The van der Waals surface area contributed by atoms with Crippen LogP contribution in [0, 0.1) is 5.82 Å². The molecule has 0 aromatic heterocycles. The highest BCUT2D eigenvalue weighted by molar-refractivity contribution is 7.89. The summed E-state index contributed by atoms with van der Waals surface area (Å²) in [6, 6.07) is 4.24. The van der Waals surface area contributed by atoms with Gasteiger partial charge < -0.3 is 4.74 Å². The Balaban J connectivity index is 1.70. The van der Waals surface area contributed by atoms with E-state index in [2.05, 4.69) is 0 Å². The molecule has 0 spiro atoms. The van der Waals surface area contributed by atoms with Crippen LogP contribution >= 0.6 is 0 Å². The van der Waals surface area contributed by atoms with Crippen molar-refractivity contribution >= 4 is 15.8 Å². The number of hydrogen-bond donors (Lipinski definition) is 0. The molecule has 0 aliphatic carbocycles. The van der Waals surface area contributed by atoms with Crippen LogP contribution in [0.5, 0.6) is 0 Å². The molecule has 1 atom stereocenters. The Bertz CT molecular complexity index is 668. The fourth-order valence-corrected chi connectivity index (χ4v) is 4.12. The molecule has 1 aromatic carbocycles. The highest BCUT2D eigenvalue weighted by Crippen LogP contribution is 2.26. The molecule has 7 heteroatoms. The smallest absolute Gasteiger partial charge is 0.221 e. The Labute approximate surface area is 122 Å². The summed E-state index contributed by atoms with van der Waals surface area (Å²) in [4.78, 5) is 12.0. The number of carbonyl (C=O) groups excluding carboxylic acids is 1. The molecule has 1 fully saturated rings. The summed E-state index contributed by atoms with van der Waals surface area (Å²) < 4.78 is 44.2. The maximum atomic E-state index is 13.2. The Morgan fingerprint density at radius 1 is 1.33 bits per heavy atom. The molecule has 0 N–H and O–H groups in total. The second-order valence-electron chi connectivity index (χ2n) is 5.41. The molecule has 5 nitrogen and oxygen atoms in total. The molecule has 2 heterocycles. The zero-order valence-electron chi connectivity index (χ0n) is 11.4. The van der Waals surface area contributed by atoms with Crippen LogP contribution in [0.15, 0.2) is 18.2 Å². The molecule has 2 aliphatic heterocycles. The van der Waals surface area contributed by atoms with Gasteiger partial charge >= 0.3 is 0 Å². The first-order valence-electron chi connectivity index (χ1n) is 6.85. The van der Waals surface area contributed by atoms with E-state index < -0.39 is 27.7 Å². The minimum Gasteiger partial charge on any atom is -0.370 e. The number of carbonyl (C=O) groups is 1. The molecule has 1 saturated heterocycles. The lowest BCUT2D eigenvalue weighted by Gasteiger charge is -2.16. The Morgan fingerprint density at radius 3 is 2.81 bits per heavy atom. The van der Waals surface area contributed by atoms with Gasteiger partial charge in [0, 0.05) is 19.7 Å². The molecule has 114 valence electrons. The number of ketones is 1. The molecule has 0 unspecified atom stereocenters. The van der Waals surface area contributed by atoms with Gasteiger partial charge in [0.2, 0.25) is 10.0 Å². The summed E-state index contributed by atoms with van der Waals surface area (Å²) in [5.41, 5.74) is 1.44. The van der Waals surface area contributed by atoms with E-state index in [0.29, 0.717) is 18.6 Å². The Kier molecular flexibility index (Phi) is 3.81. The lowest BCUT2D eigenvalue weighted by Crippen LogP contribution is -2.35. The van der Waals surface area contributed by atoms with Crippen molar-refractivity contribution in [2.45, 2.75) is 32.0 Å². The second kappa shape index (κ2) is 5.47. The monoisotopic (exact) mass is 313 g/mol. The van der Waals surface area contributed by atoms with Crippen molar-refractivity contribution in [3.05, 3.63) is 35.1 Å². The van der Waals surface area contributed by atoms with E-state index in [9.17, 15) is 17.6 Å². The van der Waals surface area contributed by atoms with Gasteiger partial charge in [-0.15, -0.1) is 0 Å². The van der Waals surface area contributed by atoms with E-state index in [-0.39, 0.29) is 18.9 Å². The summed E-state index contributed by atoms with van der Waals surface area (Å²) in [6.07, 6.45) is 0.771. The van der Waals surface area contributed by atoms with Crippen LogP contribution in [0.25, 0.3) is 0 Å². The van der Waals surface area contributed by atoms with Gasteiger partial charge in [0.15, 0.2) is 5.78 Å². The standard InChI is InChI=1S/C14H16FNO4S/c15-12-4-3-10-7-16(8-11(10)6-12)21(18,19)9-13(17)14-2-1-5-20-14/h3-4,6,14H,1-2,5,7-9H2/t14-/m1/s1. The largest absolute Gasteiger partial charge is 0.370 e. The predicted octanol–water partition coefficient (Wildman–Crippen LogP) is 1.22. The van der Waals surface area contributed by atoms with Crippen LogP contribution in [0.4, 0.5) is 4.39 Å². The number of benzene rings is 1. The van der Waals surface area contributed by atoms with Crippen molar-refractivity contribution in [3.63, 3.8) is 0 Å². The minimum atomic E-state index is -3.70. The topological polar surface area (TPSA) is 63.7 Å². The first-order valence-corrected chi connectivity index (χ1v) is 8.46. The molecule has 0 bridgehead atoms. The molecule has 2 aliphatic rings. The molecule has 0 radical (unpaired) electrons. The summed E-state index contributed by atoms with van der Waals surface area (Å²) >= 11 is 0. The fourth-order valence-electron chi connectivity index (χ4n) is 2.72. The summed E-state index contributed by atoms with van der Waals surface area (Å²) in [5, 5.41) is 0. The van der Waals surface area contributed by atoms with Gasteiger partial charge in [0.1, 0.15) is 17.7 Å². The first-order chi connectivity index (χ1) is 9.95. The van der Waals surface area contributed by atoms with E-state index >= 15 is 0 Å². The number of rotatable bonds is 4. The molecule has 3 rings (SSSR count). The van der Waals surface area contributed by atoms with Gasteiger partial charge in [-0.1, -0.05) is 6.07 Å². The van der Waals surface area contributed by atoms with E-state index in [4.69, 9.17) is 4.74 Å². The third kappa shape index (κ3) is 3.00. The van der Waals surface area contributed by atoms with Crippen molar-refractivity contribution in [1.29, 1.82) is 0 Å². The SMILES string of the molecule is O=C(CS(=O)(=O)N1Cc2ccc(F)cc2C1)[C@H]1CCCO1. The molecule has 0 saturated carbocycles. The molecule has 1 aromatic rings. The summed E-state index contributed by atoms with van der Waals surface area (Å²) in [5.74, 6) is -1.33. The van der Waals surface area contributed by atoms with Gasteiger partial charge in [0.05, 0.1) is 0 Å². The number of sulfonamides is 1. The quantitative estimate of drug-likeness (QED) is 0.838. The van der Waals surface area contributed by atoms with Crippen LogP contribution in [0.1, 0.15) is 24.0 Å². The number of halogens is 1. The van der Waals surface area contributed by atoms with Crippen LogP contribution < -0.4 is 0 Å². The number of ether oxygens (including phenoxy) is 1. The Morgan fingerprint density at radius 2 is 2.10 bits per heavy atom. The van der Waals surface area contributed by atoms with E-state index in [1.54, 1.807) is 6.07 Å². The van der Waals surface area contributed by atoms with Crippen LogP contribution in [0.3, 0.4) is 0 Å². The first kappa shape index (κ1) is 14.6. The normalized spacial score (nSPS) is 22.4.